The number of nitrogens with zero attached hydrogens (tertiary/aromatic N) is 3. The quantitative estimate of drug-likeness (QED) is 0.785. The number of benzene rings is 1. The molecule has 1 aliphatic rings. The van der Waals surface area contributed by atoms with Gasteiger partial charge < -0.3 is 9.64 Å². The zero-order chi connectivity index (χ0) is 18.8. The topological polar surface area (TPSA) is 70.2 Å². The maximum atomic E-state index is 12.7. The van der Waals surface area contributed by atoms with E-state index in [1.54, 1.807) is 11.0 Å². The summed E-state index contributed by atoms with van der Waals surface area (Å²) in [6.07, 6.45) is 0.0759. The number of ether oxygens (including phenoxy) is 1. The molecular weight excluding hydrogens is 342 g/mol. The van der Waals surface area contributed by atoms with Crippen molar-refractivity contribution in [2.45, 2.75) is 26.9 Å². The summed E-state index contributed by atoms with van der Waals surface area (Å²) in [7, 11) is -0.405. The van der Waals surface area contributed by atoms with Gasteiger partial charge in [-0.1, -0.05) is 0 Å². The van der Waals surface area contributed by atoms with Gasteiger partial charge in [0.2, 0.25) is 0 Å². The number of carbonyl (C=O) groups is 1. The van der Waals surface area contributed by atoms with Crippen LogP contribution in [0.4, 0.5) is 0 Å². The van der Waals surface area contributed by atoms with Gasteiger partial charge in [-0.05, 0) is 44.5 Å². The van der Waals surface area contributed by atoms with Gasteiger partial charge in [0, 0.05) is 45.8 Å². The first-order valence-electron chi connectivity index (χ1n) is 8.37. The molecule has 2 rings (SSSR count). The Morgan fingerprint density at radius 3 is 2.24 bits per heavy atom. The molecule has 0 saturated carbocycles. The van der Waals surface area contributed by atoms with E-state index in [0.717, 1.165) is 11.3 Å². The Balaban J connectivity index is 2.04. The van der Waals surface area contributed by atoms with Crippen LogP contribution in [-0.2, 0) is 10.2 Å². The molecule has 0 aromatic heterocycles. The molecule has 7 nitrogen and oxygen atoms in total. The van der Waals surface area contributed by atoms with Crippen molar-refractivity contribution in [3.8, 4) is 5.75 Å². The van der Waals surface area contributed by atoms with E-state index in [1.807, 2.05) is 32.9 Å². The van der Waals surface area contributed by atoms with E-state index in [-0.39, 0.29) is 12.0 Å². The van der Waals surface area contributed by atoms with E-state index >= 15 is 0 Å². The van der Waals surface area contributed by atoms with Crippen molar-refractivity contribution in [3.63, 3.8) is 0 Å². The van der Waals surface area contributed by atoms with Crippen LogP contribution in [0, 0.1) is 6.92 Å². The molecule has 25 heavy (non-hydrogen) atoms. The van der Waals surface area contributed by atoms with Crippen LogP contribution < -0.4 is 4.74 Å². The van der Waals surface area contributed by atoms with E-state index in [0.29, 0.717) is 31.7 Å². The molecule has 1 aromatic rings. The summed E-state index contributed by atoms with van der Waals surface area (Å²) < 4.78 is 32.6. The van der Waals surface area contributed by atoms with Crippen molar-refractivity contribution in [2.24, 2.45) is 0 Å². The number of hydrogen-bond acceptors (Lipinski definition) is 4. The molecule has 1 aromatic carbocycles. The second-order valence-electron chi connectivity index (χ2n) is 6.63. The zero-order valence-electron chi connectivity index (χ0n) is 15.5. The van der Waals surface area contributed by atoms with Crippen molar-refractivity contribution < 1.29 is 17.9 Å². The fraction of sp³-hybridized carbons (Fsp3) is 0.588. The zero-order valence-corrected chi connectivity index (χ0v) is 16.3. The fourth-order valence-corrected chi connectivity index (χ4v) is 3.79. The standard InChI is InChI=1S/C17H27N3O4S/c1-13(2)24-16-7-6-15(12-14(16)3)17(21)19-8-10-20(11-9-19)25(22,23)18(4)5/h6-7,12-13H,8-11H2,1-5H3. The van der Waals surface area contributed by atoms with Gasteiger partial charge in [-0.25, -0.2) is 0 Å². The maximum absolute atomic E-state index is 12.7. The highest BCUT2D eigenvalue weighted by atomic mass is 32.2. The second kappa shape index (κ2) is 7.72. The smallest absolute Gasteiger partial charge is 0.281 e. The summed E-state index contributed by atoms with van der Waals surface area (Å²) in [6.45, 7) is 7.21. The van der Waals surface area contributed by atoms with Crippen molar-refractivity contribution in [1.29, 1.82) is 0 Å². The molecule has 0 bridgehead atoms. The van der Waals surface area contributed by atoms with E-state index in [4.69, 9.17) is 4.74 Å². The molecule has 0 N–H and O–H groups in total. The third-order valence-corrected chi connectivity index (χ3v) is 6.04. The van der Waals surface area contributed by atoms with Gasteiger partial charge in [-0.3, -0.25) is 4.79 Å². The van der Waals surface area contributed by atoms with Crippen LogP contribution in [0.2, 0.25) is 0 Å². The predicted octanol–water partition coefficient (Wildman–Crippen LogP) is 1.35. The summed E-state index contributed by atoms with van der Waals surface area (Å²) in [5, 5.41) is 0. The third kappa shape index (κ3) is 4.50. The van der Waals surface area contributed by atoms with Gasteiger partial charge in [-0.15, -0.1) is 0 Å². The number of carbonyl (C=O) groups excluding carboxylic acids is 1. The third-order valence-electron chi connectivity index (χ3n) is 4.10. The Morgan fingerprint density at radius 2 is 1.76 bits per heavy atom. The molecule has 1 amide bonds. The first-order valence-corrected chi connectivity index (χ1v) is 9.77. The minimum Gasteiger partial charge on any atom is -0.491 e. The van der Waals surface area contributed by atoms with Crippen molar-refractivity contribution in [3.05, 3.63) is 29.3 Å². The monoisotopic (exact) mass is 369 g/mol. The average molecular weight is 369 g/mol. The van der Waals surface area contributed by atoms with Crippen LogP contribution in [0.1, 0.15) is 29.8 Å². The molecule has 0 spiro atoms. The molecule has 0 aliphatic carbocycles. The van der Waals surface area contributed by atoms with E-state index in [9.17, 15) is 13.2 Å². The first kappa shape index (κ1) is 19.7. The summed E-state index contributed by atoms with van der Waals surface area (Å²) in [5.41, 5.74) is 1.51. The van der Waals surface area contributed by atoms with Crippen molar-refractivity contribution >= 4 is 16.1 Å². The average Bonchev–Trinajstić information content (AvgIpc) is 2.55. The Morgan fingerprint density at radius 1 is 1.16 bits per heavy atom. The van der Waals surface area contributed by atoms with Crippen LogP contribution in [0.15, 0.2) is 18.2 Å². The maximum Gasteiger partial charge on any atom is 0.281 e. The minimum absolute atomic E-state index is 0.0759. The van der Waals surface area contributed by atoms with Crippen LogP contribution in [0.3, 0.4) is 0 Å². The van der Waals surface area contributed by atoms with Crippen molar-refractivity contribution in [2.75, 3.05) is 40.3 Å². The highest BCUT2D eigenvalue weighted by Crippen LogP contribution is 2.22. The van der Waals surface area contributed by atoms with Crippen molar-refractivity contribution in [1.82, 2.24) is 13.5 Å². The minimum atomic E-state index is -3.43. The number of hydrogen-bond donors (Lipinski definition) is 0. The van der Waals surface area contributed by atoms with Gasteiger partial charge >= 0.3 is 0 Å². The highest BCUT2D eigenvalue weighted by Gasteiger charge is 2.30. The molecular formula is C17H27N3O4S. The number of piperazine rings is 1. The summed E-state index contributed by atoms with van der Waals surface area (Å²) in [4.78, 5) is 14.4. The van der Waals surface area contributed by atoms with E-state index in [1.165, 1.54) is 22.7 Å². The predicted molar refractivity (Wildman–Crippen MR) is 97.0 cm³/mol. The highest BCUT2D eigenvalue weighted by molar-refractivity contribution is 7.86. The Kier molecular flexibility index (Phi) is 6.08. The Bertz CT molecular complexity index is 723. The van der Waals surface area contributed by atoms with Crippen LogP contribution >= 0.6 is 0 Å². The Labute approximate surface area is 150 Å². The molecule has 0 atom stereocenters. The number of aryl methyl sites for hydroxylation is 1. The molecule has 8 heteroatoms. The molecule has 140 valence electrons. The summed E-state index contributed by atoms with van der Waals surface area (Å²) >= 11 is 0. The number of rotatable bonds is 5. The lowest BCUT2D eigenvalue weighted by Gasteiger charge is -2.35. The molecule has 1 heterocycles. The summed E-state index contributed by atoms with van der Waals surface area (Å²) in [5.74, 6) is 0.689. The number of amides is 1. The van der Waals surface area contributed by atoms with Crippen LogP contribution in [-0.4, -0.2) is 74.2 Å². The van der Waals surface area contributed by atoms with Gasteiger partial charge in [0.15, 0.2) is 0 Å². The van der Waals surface area contributed by atoms with Gasteiger partial charge in [0.05, 0.1) is 6.10 Å². The first-order chi connectivity index (χ1) is 11.6. The lowest BCUT2D eigenvalue weighted by Crippen LogP contribution is -2.53. The molecule has 0 unspecified atom stereocenters. The molecule has 1 fully saturated rings. The lowest BCUT2D eigenvalue weighted by atomic mass is 10.1. The normalized spacial score (nSPS) is 16.5. The Hall–Kier alpha value is -1.64. The summed E-state index contributed by atoms with van der Waals surface area (Å²) in [6, 6.07) is 5.40. The second-order valence-corrected chi connectivity index (χ2v) is 8.77. The fourth-order valence-electron chi connectivity index (χ4n) is 2.70. The van der Waals surface area contributed by atoms with Crippen LogP contribution in [0.5, 0.6) is 5.75 Å². The molecule has 1 saturated heterocycles. The van der Waals surface area contributed by atoms with Gasteiger partial charge in [0.25, 0.3) is 16.1 Å². The molecule has 0 radical (unpaired) electrons. The van der Waals surface area contributed by atoms with Crippen LogP contribution in [0.25, 0.3) is 0 Å². The van der Waals surface area contributed by atoms with E-state index < -0.39 is 10.2 Å². The van der Waals surface area contributed by atoms with E-state index in [2.05, 4.69) is 0 Å². The largest absolute Gasteiger partial charge is 0.491 e. The van der Waals surface area contributed by atoms with Gasteiger partial charge in [-0.2, -0.15) is 17.0 Å². The van der Waals surface area contributed by atoms with Gasteiger partial charge in [0.1, 0.15) is 5.75 Å². The molecule has 1 aliphatic heterocycles. The lowest BCUT2D eigenvalue weighted by molar-refractivity contribution is 0.0695. The SMILES string of the molecule is Cc1cc(C(=O)N2CCN(S(=O)(=O)N(C)C)CC2)ccc1OC(C)C.